The Kier molecular flexibility index (Phi) is 5.25. The monoisotopic (exact) mass is 474 g/mol. The van der Waals surface area contributed by atoms with Crippen molar-refractivity contribution in [3.05, 3.63) is 88.1 Å². The molecule has 0 aliphatic carbocycles. The number of nitrogens with zero attached hydrogens (tertiary/aromatic N) is 2. The zero-order valence-corrected chi connectivity index (χ0v) is 19.9. The zero-order chi connectivity index (χ0) is 24.1. The molecular weight excluding hydrogens is 452 g/mol. The Morgan fingerprint density at radius 1 is 1.15 bits per heavy atom. The number of Topliss-reactive ketones (excluding diaryl/α,β-unsaturated/α-hetero) is 1. The number of ether oxygens (including phenoxy) is 1. The first-order valence-electron chi connectivity index (χ1n) is 10.7. The second kappa shape index (κ2) is 8.14. The maximum Gasteiger partial charge on any atom is 0.296 e. The molecule has 0 saturated heterocycles. The van der Waals surface area contributed by atoms with Crippen molar-refractivity contribution < 1.29 is 23.8 Å². The Morgan fingerprint density at radius 2 is 1.91 bits per heavy atom. The van der Waals surface area contributed by atoms with E-state index in [-0.39, 0.29) is 11.3 Å². The predicted molar refractivity (Wildman–Crippen MR) is 130 cm³/mol. The quantitative estimate of drug-likeness (QED) is 0.378. The summed E-state index contributed by atoms with van der Waals surface area (Å²) in [5.74, 6) is -0.808. The number of carbonyl (C=O) groups is 2. The number of benzene rings is 2. The molecule has 0 saturated carbocycles. The molecule has 8 heteroatoms. The van der Waals surface area contributed by atoms with Gasteiger partial charge in [-0.25, -0.2) is 4.98 Å². The fraction of sp³-hybridized carbons (Fsp3) is 0.192. The first-order valence-corrected chi connectivity index (χ1v) is 11.5. The van der Waals surface area contributed by atoms with Crippen LogP contribution in [0.25, 0.3) is 10.2 Å². The number of anilines is 1. The average Bonchev–Trinajstić information content (AvgIpc) is 3.50. The standard InChI is InChI=1S/C26H22N2O5S/c1-13-11-14(2)21-19(12-13)34-26(27-21)28-22(16-7-5-6-8-17(16)32-4)20(24(30)25(28)31)23(29)18-10-9-15(3)33-18/h5-12,22,30H,1-4H3/t22-/m0/s1. The lowest BCUT2D eigenvalue weighted by Crippen LogP contribution is -2.31. The number of thiazole rings is 1. The smallest absolute Gasteiger partial charge is 0.296 e. The highest BCUT2D eigenvalue weighted by Gasteiger charge is 2.47. The van der Waals surface area contributed by atoms with E-state index in [1.54, 1.807) is 37.3 Å². The van der Waals surface area contributed by atoms with E-state index in [1.807, 2.05) is 26.0 Å². The molecule has 1 aliphatic heterocycles. The summed E-state index contributed by atoms with van der Waals surface area (Å²) in [6, 6.07) is 13.4. The zero-order valence-electron chi connectivity index (χ0n) is 19.1. The number of hydrogen-bond donors (Lipinski definition) is 1. The molecule has 1 amide bonds. The van der Waals surface area contributed by atoms with E-state index in [9.17, 15) is 14.7 Å². The van der Waals surface area contributed by atoms with Crippen LogP contribution in [-0.4, -0.2) is 28.9 Å². The summed E-state index contributed by atoms with van der Waals surface area (Å²) in [5.41, 5.74) is 3.33. The van der Waals surface area contributed by atoms with Gasteiger partial charge in [-0.3, -0.25) is 14.5 Å². The van der Waals surface area contributed by atoms with E-state index in [1.165, 1.54) is 29.4 Å². The van der Waals surface area contributed by atoms with Crippen LogP contribution in [0.4, 0.5) is 5.13 Å². The number of rotatable bonds is 5. The molecular formula is C26H22N2O5S. The molecule has 5 rings (SSSR count). The Labute approximate surface area is 199 Å². The van der Waals surface area contributed by atoms with Crippen molar-refractivity contribution >= 4 is 38.4 Å². The molecule has 34 heavy (non-hydrogen) atoms. The highest BCUT2D eigenvalue weighted by Crippen LogP contribution is 2.46. The SMILES string of the molecule is COc1ccccc1[C@H]1C(C(=O)c2ccc(C)o2)=C(O)C(=O)N1c1nc2c(C)cc(C)cc2s1. The van der Waals surface area contributed by atoms with Gasteiger partial charge in [-0.15, -0.1) is 0 Å². The van der Waals surface area contributed by atoms with Gasteiger partial charge in [-0.05, 0) is 56.2 Å². The second-order valence-electron chi connectivity index (χ2n) is 8.25. The van der Waals surface area contributed by atoms with Crippen molar-refractivity contribution in [3.8, 4) is 5.75 Å². The number of amides is 1. The highest BCUT2D eigenvalue weighted by molar-refractivity contribution is 7.22. The molecule has 1 atom stereocenters. The third kappa shape index (κ3) is 3.38. The van der Waals surface area contributed by atoms with Crippen LogP contribution in [-0.2, 0) is 4.79 Å². The Morgan fingerprint density at radius 3 is 2.62 bits per heavy atom. The highest BCUT2D eigenvalue weighted by atomic mass is 32.1. The van der Waals surface area contributed by atoms with Gasteiger partial charge in [0.15, 0.2) is 16.7 Å². The Bertz CT molecular complexity index is 1500. The van der Waals surface area contributed by atoms with Gasteiger partial charge in [-0.2, -0.15) is 0 Å². The summed E-state index contributed by atoms with van der Waals surface area (Å²) in [6.45, 7) is 5.69. The third-order valence-corrected chi connectivity index (χ3v) is 6.88. The minimum Gasteiger partial charge on any atom is -0.503 e. The lowest BCUT2D eigenvalue weighted by atomic mass is 9.94. The summed E-state index contributed by atoms with van der Waals surface area (Å²) in [6.07, 6.45) is 0. The Balaban J connectivity index is 1.72. The van der Waals surface area contributed by atoms with Gasteiger partial charge in [-0.1, -0.05) is 35.6 Å². The number of aromatic nitrogens is 1. The third-order valence-electron chi connectivity index (χ3n) is 5.88. The number of aryl methyl sites for hydroxylation is 3. The molecule has 0 radical (unpaired) electrons. The van der Waals surface area contributed by atoms with E-state index in [0.717, 1.165) is 21.3 Å². The number of aliphatic hydroxyl groups excluding tert-OH is 1. The Hall–Kier alpha value is -3.91. The van der Waals surface area contributed by atoms with Gasteiger partial charge in [0, 0.05) is 5.56 Å². The molecule has 0 unspecified atom stereocenters. The largest absolute Gasteiger partial charge is 0.503 e. The number of hydrogen-bond acceptors (Lipinski definition) is 7. The minimum atomic E-state index is -0.941. The topological polar surface area (TPSA) is 92.9 Å². The molecule has 2 aromatic heterocycles. The van der Waals surface area contributed by atoms with Gasteiger partial charge in [0.1, 0.15) is 17.6 Å². The number of fused-ring (bicyclic) bond motifs is 1. The first kappa shape index (κ1) is 21.9. The number of ketones is 1. The molecule has 1 N–H and O–H groups in total. The van der Waals surface area contributed by atoms with Crippen molar-refractivity contribution in [2.45, 2.75) is 26.8 Å². The van der Waals surface area contributed by atoms with Crippen LogP contribution in [0.15, 0.2) is 64.3 Å². The van der Waals surface area contributed by atoms with Crippen LogP contribution in [0.2, 0.25) is 0 Å². The van der Waals surface area contributed by atoms with Crippen molar-refractivity contribution in [1.29, 1.82) is 0 Å². The van der Waals surface area contributed by atoms with Crippen molar-refractivity contribution in [3.63, 3.8) is 0 Å². The molecule has 2 aromatic carbocycles. The van der Waals surface area contributed by atoms with Crippen LogP contribution < -0.4 is 9.64 Å². The summed E-state index contributed by atoms with van der Waals surface area (Å²) >= 11 is 1.33. The van der Waals surface area contributed by atoms with E-state index in [4.69, 9.17) is 14.1 Å². The summed E-state index contributed by atoms with van der Waals surface area (Å²) in [5, 5.41) is 11.3. The fourth-order valence-electron chi connectivity index (χ4n) is 4.37. The van der Waals surface area contributed by atoms with Gasteiger partial charge >= 0.3 is 0 Å². The molecule has 0 spiro atoms. The second-order valence-corrected chi connectivity index (χ2v) is 9.26. The summed E-state index contributed by atoms with van der Waals surface area (Å²) < 4.78 is 12.0. The van der Waals surface area contributed by atoms with Crippen LogP contribution >= 0.6 is 11.3 Å². The van der Waals surface area contributed by atoms with Gasteiger partial charge in [0.25, 0.3) is 5.91 Å². The van der Waals surface area contributed by atoms with Crippen molar-refractivity contribution in [2.75, 3.05) is 12.0 Å². The minimum absolute atomic E-state index is 0.0457. The van der Waals surface area contributed by atoms with E-state index in [2.05, 4.69) is 0 Å². The fourth-order valence-corrected chi connectivity index (χ4v) is 5.54. The number of methoxy groups -OCH3 is 1. The van der Waals surface area contributed by atoms with E-state index in [0.29, 0.717) is 22.2 Å². The summed E-state index contributed by atoms with van der Waals surface area (Å²) in [4.78, 5) is 33.0. The van der Waals surface area contributed by atoms with Crippen LogP contribution in [0.1, 0.15) is 39.0 Å². The summed E-state index contributed by atoms with van der Waals surface area (Å²) in [7, 11) is 1.52. The molecule has 7 nitrogen and oxygen atoms in total. The maximum absolute atomic E-state index is 13.5. The van der Waals surface area contributed by atoms with E-state index >= 15 is 0 Å². The predicted octanol–water partition coefficient (Wildman–Crippen LogP) is 5.61. The number of carbonyl (C=O) groups excluding carboxylic acids is 2. The molecule has 0 bridgehead atoms. The lowest BCUT2D eigenvalue weighted by Gasteiger charge is -2.25. The number of furan rings is 1. The van der Waals surface area contributed by atoms with Gasteiger partial charge in [0.05, 0.1) is 22.9 Å². The van der Waals surface area contributed by atoms with Gasteiger partial charge < -0.3 is 14.3 Å². The molecule has 0 fully saturated rings. The van der Waals surface area contributed by atoms with Crippen LogP contribution in [0.3, 0.4) is 0 Å². The molecule has 4 aromatic rings. The lowest BCUT2D eigenvalue weighted by molar-refractivity contribution is -0.117. The average molecular weight is 475 g/mol. The first-order chi connectivity index (χ1) is 16.3. The van der Waals surface area contributed by atoms with Crippen LogP contribution in [0, 0.1) is 20.8 Å². The van der Waals surface area contributed by atoms with Gasteiger partial charge in [0.2, 0.25) is 5.78 Å². The van der Waals surface area contributed by atoms with Crippen molar-refractivity contribution in [2.24, 2.45) is 0 Å². The molecule has 3 heterocycles. The van der Waals surface area contributed by atoms with Crippen LogP contribution in [0.5, 0.6) is 5.75 Å². The van der Waals surface area contributed by atoms with E-state index < -0.39 is 23.5 Å². The molecule has 1 aliphatic rings. The normalized spacial score (nSPS) is 16.1. The number of aliphatic hydroxyl groups is 1. The maximum atomic E-state index is 13.5. The molecule has 172 valence electrons. The number of para-hydroxylation sites is 1. The van der Waals surface area contributed by atoms with Crippen molar-refractivity contribution in [1.82, 2.24) is 4.98 Å².